The van der Waals surface area contributed by atoms with Crippen LogP contribution in [0.15, 0.2) is 24.3 Å². The van der Waals surface area contributed by atoms with Gasteiger partial charge in [0.25, 0.3) is 0 Å². The van der Waals surface area contributed by atoms with Crippen molar-refractivity contribution in [3.05, 3.63) is 35.4 Å². The average Bonchev–Trinajstić information content (AvgIpc) is 2.36. The van der Waals surface area contributed by atoms with Gasteiger partial charge >= 0.3 is 5.97 Å². The third kappa shape index (κ3) is 4.15. The van der Waals surface area contributed by atoms with Gasteiger partial charge in [0.15, 0.2) is 0 Å². The summed E-state index contributed by atoms with van der Waals surface area (Å²) in [5.74, 6) is -0.251. The molecule has 1 aromatic carbocycles. The van der Waals surface area contributed by atoms with Crippen molar-refractivity contribution in [2.24, 2.45) is 5.92 Å². The van der Waals surface area contributed by atoms with Crippen LogP contribution in [0.2, 0.25) is 0 Å². The van der Waals surface area contributed by atoms with Crippen LogP contribution in [0.25, 0.3) is 0 Å². The summed E-state index contributed by atoms with van der Waals surface area (Å²) < 4.78 is 4.99. The van der Waals surface area contributed by atoms with Crippen molar-refractivity contribution < 1.29 is 9.53 Å². The van der Waals surface area contributed by atoms with Gasteiger partial charge in [0.2, 0.25) is 0 Å². The monoisotopic (exact) mass is 249 g/mol. The van der Waals surface area contributed by atoms with E-state index in [1.165, 1.54) is 11.1 Å². The van der Waals surface area contributed by atoms with Crippen LogP contribution in [0.4, 0.5) is 0 Å². The summed E-state index contributed by atoms with van der Waals surface area (Å²) in [5.41, 5.74) is 2.54. The zero-order valence-corrected chi connectivity index (χ0v) is 11.7. The van der Waals surface area contributed by atoms with E-state index in [-0.39, 0.29) is 17.9 Å². The summed E-state index contributed by atoms with van der Waals surface area (Å²) in [5, 5.41) is 3.38. The van der Waals surface area contributed by atoms with Gasteiger partial charge in [-0.3, -0.25) is 4.79 Å². The summed E-state index contributed by atoms with van der Waals surface area (Å²) in [6.45, 7) is 9.00. The number of nitrogens with one attached hydrogen (secondary N) is 1. The molecular formula is C15H23NO2. The van der Waals surface area contributed by atoms with Crippen molar-refractivity contribution in [1.82, 2.24) is 5.32 Å². The number of hydrogen-bond acceptors (Lipinski definition) is 3. The molecule has 1 unspecified atom stereocenters. The highest BCUT2D eigenvalue weighted by atomic mass is 16.5. The molecule has 0 aliphatic carbocycles. The van der Waals surface area contributed by atoms with E-state index >= 15 is 0 Å². The fraction of sp³-hybridized carbons (Fsp3) is 0.533. The molecule has 3 heteroatoms. The van der Waals surface area contributed by atoms with E-state index in [0.29, 0.717) is 13.2 Å². The Hall–Kier alpha value is -1.35. The molecule has 0 bridgehead atoms. The third-order valence-corrected chi connectivity index (χ3v) is 3.07. The summed E-state index contributed by atoms with van der Waals surface area (Å²) in [6.07, 6.45) is 0. The fourth-order valence-corrected chi connectivity index (χ4v) is 1.90. The standard InChI is InChI=1S/C15H23NO2/c1-5-18-15(17)12(3)10-16-13(4)14-9-7-6-8-11(14)2/h6-9,12-13,16H,5,10H2,1-4H3/t12?,13-/m0/s1. The highest BCUT2D eigenvalue weighted by Gasteiger charge is 2.15. The number of aryl methyl sites for hydroxylation is 1. The largest absolute Gasteiger partial charge is 0.466 e. The van der Waals surface area contributed by atoms with E-state index in [4.69, 9.17) is 4.74 Å². The molecule has 0 aromatic heterocycles. The lowest BCUT2D eigenvalue weighted by Crippen LogP contribution is -2.30. The molecular weight excluding hydrogens is 226 g/mol. The minimum Gasteiger partial charge on any atom is -0.466 e. The van der Waals surface area contributed by atoms with Crippen LogP contribution >= 0.6 is 0 Å². The van der Waals surface area contributed by atoms with E-state index < -0.39 is 0 Å². The maximum absolute atomic E-state index is 11.5. The molecule has 100 valence electrons. The van der Waals surface area contributed by atoms with Crippen molar-refractivity contribution in [1.29, 1.82) is 0 Å². The van der Waals surface area contributed by atoms with Crippen LogP contribution in [-0.4, -0.2) is 19.1 Å². The Balaban J connectivity index is 2.49. The summed E-state index contributed by atoms with van der Waals surface area (Å²) in [4.78, 5) is 11.5. The van der Waals surface area contributed by atoms with Crippen molar-refractivity contribution >= 4 is 5.97 Å². The van der Waals surface area contributed by atoms with Crippen molar-refractivity contribution in [2.75, 3.05) is 13.2 Å². The fourth-order valence-electron chi connectivity index (χ4n) is 1.90. The van der Waals surface area contributed by atoms with Crippen LogP contribution in [0.3, 0.4) is 0 Å². The van der Waals surface area contributed by atoms with Crippen molar-refractivity contribution in [2.45, 2.75) is 33.7 Å². The van der Waals surface area contributed by atoms with Gasteiger partial charge < -0.3 is 10.1 Å². The number of esters is 1. The van der Waals surface area contributed by atoms with E-state index in [9.17, 15) is 4.79 Å². The van der Waals surface area contributed by atoms with Gasteiger partial charge in [-0.15, -0.1) is 0 Å². The molecule has 0 spiro atoms. The van der Waals surface area contributed by atoms with Crippen molar-refractivity contribution in [3.8, 4) is 0 Å². The first-order valence-electron chi connectivity index (χ1n) is 6.51. The molecule has 1 aromatic rings. The highest BCUT2D eigenvalue weighted by Crippen LogP contribution is 2.16. The molecule has 0 amide bonds. The van der Waals surface area contributed by atoms with Crippen LogP contribution < -0.4 is 5.32 Å². The molecule has 2 atom stereocenters. The predicted molar refractivity (Wildman–Crippen MR) is 73.4 cm³/mol. The summed E-state index contributed by atoms with van der Waals surface area (Å²) >= 11 is 0. The number of carbonyl (C=O) groups is 1. The molecule has 0 aliphatic heterocycles. The minimum absolute atomic E-state index is 0.114. The molecule has 0 fully saturated rings. The van der Waals surface area contributed by atoms with Crippen LogP contribution in [0.1, 0.15) is 37.9 Å². The van der Waals surface area contributed by atoms with E-state index in [1.54, 1.807) is 0 Å². The zero-order valence-electron chi connectivity index (χ0n) is 11.7. The average molecular weight is 249 g/mol. The Labute approximate surface area is 110 Å². The number of benzene rings is 1. The summed E-state index contributed by atoms with van der Waals surface area (Å²) in [7, 11) is 0. The maximum Gasteiger partial charge on any atom is 0.309 e. The first-order valence-corrected chi connectivity index (χ1v) is 6.51. The lowest BCUT2D eigenvalue weighted by molar-refractivity contribution is -0.147. The predicted octanol–water partition coefficient (Wildman–Crippen LogP) is 2.84. The van der Waals surface area contributed by atoms with Crippen LogP contribution in [-0.2, 0) is 9.53 Å². The van der Waals surface area contributed by atoms with Gasteiger partial charge in [-0.05, 0) is 31.9 Å². The second kappa shape index (κ2) is 7.17. The second-order valence-electron chi connectivity index (χ2n) is 4.64. The van der Waals surface area contributed by atoms with E-state index in [1.807, 2.05) is 26.0 Å². The molecule has 1 rings (SSSR count). The zero-order chi connectivity index (χ0) is 13.5. The Morgan fingerprint density at radius 3 is 2.61 bits per heavy atom. The lowest BCUT2D eigenvalue weighted by atomic mass is 10.0. The highest BCUT2D eigenvalue weighted by molar-refractivity contribution is 5.72. The number of hydrogen-bond donors (Lipinski definition) is 1. The van der Waals surface area contributed by atoms with Gasteiger partial charge in [-0.25, -0.2) is 0 Å². The maximum atomic E-state index is 11.5. The number of ether oxygens (including phenoxy) is 1. The smallest absolute Gasteiger partial charge is 0.309 e. The first kappa shape index (κ1) is 14.7. The van der Waals surface area contributed by atoms with Gasteiger partial charge in [0, 0.05) is 12.6 Å². The van der Waals surface area contributed by atoms with E-state index in [2.05, 4.69) is 31.3 Å². The Bertz CT molecular complexity index is 390. The van der Waals surface area contributed by atoms with E-state index in [0.717, 1.165) is 0 Å². The van der Waals surface area contributed by atoms with Gasteiger partial charge in [-0.2, -0.15) is 0 Å². The molecule has 0 aliphatic rings. The number of rotatable bonds is 6. The Morgan fingerprint density at radius 2 is 2.00 bits per heavy atom. The quantitative estimate of drug-likeness (QED) is 0.788. The number of carbonyl (C=O) groups excluding carboxylic acids is 1. The normalized spacial score (nSPS) is 14.0. The third-order valence-electron chi connectivity index (χ3n) is 3.07. The minimum atomic E-state index is -0.137. The molecule has 0 heterocycles. The van der Waals surface area contributed by atoms with Crippen molar-refractivity contribution in [3.63, 3.8) is 0 Å². The Kier molecular flexibility index (Phi) is 5.86. The molecule has 1 N–H and O–H groups in total. The second-order valence-corrected chi connectivity index (χ2v) is 4.64. The van der Waals surface area contributed by atoms with Gasteiger partial charge in [-0.1, -0.05) is 31.2 Å². The molecule has 0 radical (unpaired) electrons. The topological polar surface area (TPSA) is 38.3 Å². The Morgan fingerprint density at radius 1 is 1.33 bits per heavy atom. The van der Waals surface area contributed by atoms with Gasteiger partial charge in [0.05, 0.1) is 12.5 Å². The first-order chi connectivity index (χ1) is 8.56. The SMILES string of the molecule is CCOC(=O)C(C)CN[C@@H](C)c1ccccc1C. The molecule has 0 saturated heterocycles. The molecule has 18 heavy (non-hydrogen) atoms. The molecule has 0 saturated carbocycles. The van der Waals surface area contributed by atoms with Gasteiger partial charge in [0.1, 0.15) is 0 Å². The van der Waals surface area contributed by atoms with Crippen LogP contribution in [0.5, 0.6) is 0 Å². The van der Waals surface area contributed by atoms with Crippen LogP contribution in [0, 0.1) is 12.8 Å². The lowest BCUT2D eigenvalue weighted by Gasteiger charge is -2.18. The summed E-state index contributed by atoms with van der Waals surface area (Å²) in [6, 6.07) is 8.52. The molecule has 3 nitrogen and oxygen atoms in total.